The molecular weight excluding hydrogens is 241 g/mol. The van der Waals surface area contributed by atoms with Crippen LogP contribution in [-0.2, 0) is 4.53 Å². The summed E-state index contributed by atoms with van der Waals surface area (Å²) in [6, 6.07) is 6.64. The second-order valence-corrected chi connectivity index (χ2v) is 9.99. The molecule has 0 amide bonds. The number of benzene rings is 1. The zero-order valence-corrected chi connectivity index (χ0v) is 11.8. The average molecular weight is 257 g/mol. The van der Waals surface area contributed by atoms with E-state index in [9.17, 15) is 4.39 Å². The highest BCUT2D eigenvalue weighted by molar-refractivity contribution is 8.13. The summed E-state index contributed by atoms with van der Waals surface area (Å²) in [6.45, 7) is 7.98. The highest BCUT2D eigenvalue weighted by Crippen LogP contribution is 2.22. The molecule has 88 valence electrons. The van der Waals surface area contributed by atoms with Gasteiger partial charge in [-0.1, -0.05) is 29.1 Å². The molecule has 0 heterocycles. The van der Waals surface area contributed by atoms with Gasteiger partial charge < -0.3 is 4.53 Å². The molecule has 0 unspecified atom stereocenters. The van der Waals surface area contributed by atoms with Crippen LogP contribution in [0.3, 0.4) is 0 Å². The Kier molecular flexibility index (Phi) is 4.55. The predicted octanol–water partition coefficient (Wildman–Crippen LogP) is 4.10. The van der Waals surface area contributed by atoms with E-state index >= 15 is 0 Å². The van der Waals surface area contributed by atoms with Gasteiger partial charge >= 0.3 is 0 Å². The summed E-state index contributed by atoms with van der Waals surface area (Å²) < 4.78 is 18.7. The van der Waals surface area contributed by atoms with Crippen LogP contribution in [0.2, 0.25) is 19.6 Å². The molecule has 0 bridgehead atoms. The molecular formula is C11H16FNOSSi. The molecule has 1 aromatic rings. The van der Waals surface area contributed by atoms with Crippen LogP contribution in [0.4, 0.5) is 4.39 Å². The van der Waals surface area contributed by atoms with Crippen LogP contribution >= 0.6 is 11.8 Å². The number of halogens is 1. The second kappa shape index (κ2) is 5.50. The number of nitrogens with zero attached hydrogens (tertiary/aromatic N) is 1. The van der Waals surface area contributed by atoms with Gasteiger partial charge in [0.25, 0.3) is 8.32 Å². The smallest absolute Gasteiger partial charge is 0.278 e. The quantitative estimate of drug-likeness (QED) is 0.267. The summed E-state index contributed by atoms with van der Waals surface area (Å²) in [5, 5.41) is 4.72. The molecule has 16 heavy (non-hydrogen) atoms. The minimum Gasteiger partial charge on any atom is -0.455 e. The van der Waals surface area contributed by atoms with E-state index in [-0.39, 0.29) is 5.82 Å². The van der Waals surface area contributed by atoms with Crippen molar-refractivity contribution in [3.8, 4) is 0 Å². The van der Waals surface area contributed by atoms with Crippen molar-refractivity contribution < 1.29 is 8.92 Å². The van der Waals surface area contributed by atoms with Crippen LogP contribution < -0.4 is 0 Å². The minimum absolute atomic E-state index is 0.227. The van der Waals surface area contributed by atoms with E-state index in [1.165, 1.54) is 17.8 Å². The molecule has 0 radical (unpaired) electrons. The molecule has 0 N–H and O–H groups in total. The van der Waals surface area contributed by atoms with Gasteiger partial charge in [0.05, 0.1) is 0 Å². The number of hydrogen-bond donors (Lipinski definition) is 0. The third-order valence-electron chi connectivity index (χ3n) is 1.54. The lowest BCUT2D eigenvalue weighted by molar-refractivity contribution is 0.336. The van der Waals surface area contributed by atoms with Crippen LogP contribution in [0, 0.1) is 5.82 Å². The topological polar surface area (TPSA) is 21.6 Å². The summed E-state index contributed by atoms with van der Waals surface area (Å²) in [6.07, 6.45) is 0. The summed E-state index contributed by atoms with van der Waals surface area (Å²) in [5.74, 6) is -0.227. The van der Waals surface area contributed by atoms with Crippen LogP contribution in [-0.4, -0.2) is 13.4 Å². The zero-order chi connectivity index (χ0) is 12.2. The van der Waals surface area contributed by atoms with Gasteiger partial charge in [0.2, 0.25) is 0 Å². The first-order valence-corrected chi connectivity index (χ1v) is 9.26. The Morgan fingerprint density at radius 2 is 1.94 bits per heavy atom. The van der Waals surface area contributed by atoms with E-state index < -0.39 is 8.32 Å². The summed E-state index contributed by atoms with van der Waals surface area (Å²) in [5.41, 5.74) is 0. The standard InChI is InChI=1S/C11H16FNOSSi/c1-9(13-14-16(2,3)4)15-11-8-6-5-7-10(11)12/h5-8H,1-4H3/b13-9+. The minimum atomic E-state index is -1.65. The van der Waals surface area contributed by atoms with Gasteiger partial charge in [0.1, 0.15) is 10.9 Å². The van der Waals surface area contributed by atoms with Gasteiger partial charge in [-0.25, -0.2) is 4.39 Å². The molecule has 0 aromatic heterocycles. The first-order valence-electron chi connectivity index (χ1n) is 5.03. The highest BCUT2D eigenvalue weighted by atomic mass is 32.2. The molecule has 0 aliphatic rings. The van der Waals surface area contributed by atoms with Crippen LogP contribution in [0.5, 0.6) is 0 Å². The molecule has 0 aliphatic heterocycles. The monoisotopic (exact) mass is 257 g/mol. The summed E-state index contributed by atoms with van der Waals surface area (Å²) in [7, 11) is -1.65. The van der Waals surface area contributed by atoms with Gasteiger partial charge in [0, 0.05) is 4.90 Å². The second-order valence-electron chi connectivity index (χ2n) is 4.35. The first-order chi connectivity index (χ1) is 7.38. The predicted molar refractivity (Wildman–Crippen MR) is 69.8 cm³/mol. The number of rotatable bonds is 3. The van der Waals surface area contributed by atoms with Crippen molar-refractivity contribution in [2.45, 2.75) is 31.5 Å². The van der Waals surface area contributed by atoms with Gasteiger partial charge in [0.15, 0.2) is 0 Å². The normalized spacial score (nSPS) is 12.7. The fourth-order valence-electron chi connectivity index (χ4n) is 0.906. The molecule has 2 nitrogen and oxygen atoms in total. The first kappa shape index (κ1) is 13.3. The maximum atomic E-state index is 13.3. The van der Waals surface area contributed by atoms with Crippen molar-refractivity contribution in [2.75, 3.05) is 0 Å². The Balaban J connectivity index is 2.65. The molecule has 0 spiro atoms. The van der Waals surface area contributed by atoms with Crippen molar-refractivity contribution in [2.24, 2.45) is 5.16 Å². The molecule has 0 saturated heterocycles. The van der Waals surface area contributed by atoms with Crippen LogP contribution in [0.25, 0.3) is 0 Å². The maximum absolute atomic E-state index is 13.3. The fourth-order valence-corrected chi connectivity index (χ4v) is 2.09. The van der Waals surface area contributed by atoms with Crippen molar-refractivity contribution in [1.29, 1.82) is 0 Å². The van der Waals surface area contributed by atoms with E-state index in [4.69, 9.17) is 4.53 Å². The molecule has 1 rings (SSSR count). The number of thioether (sulfide) groups is 1. The molecule has 0 saturated carbocycles. The molecule has 1 aromatic carbocycles. The van der Waals surface area contributed by atoms with Crippen molar-refractivity contribution in [3.63, 3.8) is 0 Å². The Morgan fingerprint density at radius 3 is 2.50 bits per heavy atom. The lowest BCUT2D eigenvalue weighted by Gasteiger charge is -2.13. The molecule has 0 fully saturated rings. The highest BCUT2D eigenvalue weighted by Gasteiger charge is 2.16. The van der Waals surface area contributed by atoms with Gasteiger partial charge in [-0.15, -0.1) is 0 Å². The van der Waals surface area contributed by atoms with Gasteiger partial charge in [-0.2, -0.15) is 0 Å². The third-order valence-corrected chi connectivity index (χ3v) is 3.10. The summed E-state index contributed by atoms with van der Waals surface area (Å²) >= 11 is 1.28. The third kappa shape index (κ3) is 4.81. The van der Waals surface area contributed by atoms with E-state index in [0.29, 0.717) is 9.94 Å². The Labute approximate surface area is 101 Å². The fraction of sp³-hybridized carbons (Fsp3) is 0.364. The lowest BCUT2D eigenvalue weighted by atomic mass is 10.3. The van der Waals surface area contributed by atoms with Crippen LogP contribution in [0.1, 0.15) is 6.92 Å². The van der Waals surface area contributed by atoms with E-state index in [2.05, 4.69) is 24.8 Å². The lowest BCUT2D eigenvalue weighted by Crippen LogP contribution is -2.22. The number of oxime groups is 1. The average Bonchev–Trinajstić information content (AvgIpc) is 2.18. The Hall–Kier alpha value is -0.813. The Bertz CT molecular complexity index is 390. The molecule has 0 aliphatic carbocycles. The van der Waals surface area contributed by atoms with Crippen molar-refractivity contribution >= 4 is 25.1 Å². The maximum Gasteiger partial charge on any atom is 0.278 e. The SMILES string of the molecule is C/C(=N\O[Si](C)(C)C)Sc1ccccc1F. The van der Waals surface area contributed by atoms with Gasteiger partial charge in [-0.05, 0) is 38.7 Å². The zero-order valence-electron chi connectivity index (χ0n) is 9.95. The Morgan fingerprint density at radius 1 is 1.31 bits per heavy atom. The molecule has 5 heteroatoms. The van der Waals surface area contributed by atoms with E-state index in [1.807, 2.05) is 6.92 Å². The van der Waals surface area contributed by atoms with Crippen LogP contribution in [0.15, 0.2) is 34.3 Å². The van der Waals surface area contributed by atoms with Gasteiger partial charge in [-0.3, -0.25) is 0 Å². The number of hydrogen-bond acceptors (Lipinski definition) is 3. The summed E-state index contributed by atoms with van der Waals surface area (Å²) in [4.78, 5) is 0.572. The van der Waals surface area contributed by atoms with Crippen molar-refractivity contribution in [3.05, 3.63) is 30.1 Å². The van der Waals surface area contributed by atoms with E-state index in [0.717, 1.165) is 0 Å². The van der Waals surface area contributed by atoms with Crippen molar-refractivity contribution in [1.82, 2.24) is 0 Å². The largest absolute Gasteiger partial charge is 0.455 e. The molecule has 0 atom stereocenters. The van der Waals surface area contributed by atoms with E-state index in [1.54, 1.807) is 18.2 Å².